The summed E-state index contributed by atoms with van der Waals surface area (Å²) in [5.74, 6) is -0.430. The van der Waals surface area contributed by atoms with Gasteiger partial charge >= 0.3 is 0 Å². The van der Waals surface area contributed by atoms with E-state index in [1.807, 2.05) is 67.4 Å². The molecule has 3 N–H and O–H groups in total. The molecule has 71 heavy (non-hydrogen) atoms. The number of carbonyl (C=O) groups excluding carboxylic acids is 4. The average molecular weight is 968 g/mol. The highest BCUT2D eigenvalue weighted by molar-refractivity contribution is 6.13. The maximum atomic E-state index is 15.8. The zero-order valence-corrected chi connectivity index (χ0v) is 43.1. The molecule has 5 aliphatic rings. The van der Waals surface area contributed by atoms with Gasteiger partial charge in [0.25, 0.3) is 5.91 Å². The molecule has 3 atom stereocenters. The minimum absolute atomic E-state index is 0.105. The zero-order chi connectivity index (χ0) is 50.7. The molecule has 1 spiro atoms. The Morgan fingerprint density at radius 1 is 1.07 bits per heavy atom. The van der Waals surface area contributed by atoms with Crippen LogP contribution >= 0.6 is 0 Å². The molecule has 13 nitrogen and oxygen atoms in total. The summed E-state index contributed by atoms with van der Waals surface area (Å²) in [5.41, 5.74) is 16.4. The van der Waals surface area contributed by atoms with Gasteiger partial charge in [0.05, 0.1) is 16.8 Å². The molecule has 0 bridgehead atoms. The summed E-state index contributed by atoms with van der Waals surface area (Å²) >= 11 is 0. The molecule has 3 fully saturated rings. The number of aldehydes is 1. The first-order valence-electron chi connectivity index (χ1n) is 25.7. The Morgan fingerprint density at radius 3 is 2.46 bits per heavy atom. The van der Waals surface area contributed by atoms with Gasteiger partial charge in [0.15, 0.2) is 0 Å². The third-order valence-corrected chi connectivity index (χ3v) is 16.2. The number of nitrogens with zero attached hydrogens (tertiary/aromatic N) is 7. The summed E-state index contributed by atoms with van der Waals surface area (Å²) in [4.78, 5) is 68.2. The second-order valence-corrected chi connectivity index (χ2v) is 20.7. The van der Waals surface area contributed by atoms with Crippen LogP contribution in [-0.2, 0) is 26.3 Å². The minimum Gasteiger partial charge on any atom is -0.388 e. The van der Waals surface area contributed by atoms with Crippen molar-refractivity contribution in [2.45, 2.75) is 110 Å². The number of nitrogens with one attached hydrogen (secondary N) is 1. The normalized spacial score (nSPS) is 21.1. The molecule has 5 heterocycles. The van der Waals surface area contributed by atoms with E-state index in [0.717, 1.165) is 117 Å². The van der Waals surface area contributed by atoms with Crippen LogP contribution in [0.1, 0.15) is 110 Å². The standard InChI is InChI=1S/C57H74FN9O4/c1-9-51(54(59)69)67-53-33-50(58)45(32-49(53)57(19-20-57)56(67)71)36-63-27-28-66(39(4)34-63)35-42-13-23-65(24-14-42)55(70)44-10-11-47(38(3)30-44)43-15-25-64(26-16-43)41(6)37(2)31-48-40(5)61-21-12-52(48)62(8)22-17-46(60-7)18-29-68/h10-12,15,17-18,21-22,29-33,39,41-42,51,60H,9,13-14,16,19-20,23-28,34-36H2,1-8H3,(H2,59,69)/b22-17-,37-31+,46-18+. The summed E-state index contributed by atoms with van der Waals surface area (Å²) in [6.07, 6.45) is 17.2. The van der Waals surface area contributed by atoms with Crippen molar-refractivity contribution in [2.75, 3.05) is 76.3 Å². The minimum atomic E-state index is -0.779. The Labute approximate surface area is 420 Å². The van der Waals surface area contributed by atoms with E-state index < -0.39 is 17.4 Å². The van der Waals surface area contributed by atoms with Crippen molar-refractivity contribution >= 4 is 47.0 Å². The van der Waals surface area contributed by atoms with Gasteiger partial charge in [0.2, 0.25) is 11.8 Å². The molecule has 3 unspecified atom stereocenters. The van der Waals surface area contributed by atoms with Crippen LogP contribution in [0.2, 0.25) is 0 Å². The Bertz CT molecular complexity index is 2650. The van der Waals surface area contributed by atoms with Crippen LogP contribution in [0.3, 0.4) is 0 Å². The molecule has 3 amide bonds. The summed E-state index contributed by atoms with van der Waals surface area (Å²) < 4.78 is 15.8. The van der Waals surface area contributed by atoms with Gasteiger partial charge < -0.3 is 20.9 Å². The number of allylic oxidation sites excluding steroid dienone is 2. The van der Waals surface area contributed by atoms with E-state index in [1.54, 1.807) is 7.05 Å². The van der Waals surface area contributed by atoms with E-state index in [-0.39, 0.29) is 23.7 Å². The Kier molecular flexibility index (Phi) is 15.8. The molecule has 14 heteroatoms. The largest absolute Gasteiger partial charge is 0.388 e. The highest BCUT2D eigenvalue weighted by Gasteiger charge is 2.61. The van der Waals surface area contributed by atoms with Crippen LogP contribution in [0, 0.1) is 25.6 Å². The van der Waals surface area contributed by atoms with Crippen molar-refractivity contribution in [1.82, 2.24) is 29.9 Å². The van der Waals surface area contributed by atoms with E-state index in [1.165, 1.54) is 33.8 Å². The number of likely N-dealkylation sites (N-methyl/N-ethyl adjacent to an activating group) is 1. The van der Waals surface area contributed by atoms with Crippen LogP contribution in [0.15, 0.2) is 78.3 Å². The third-order valence-electron chi connectivity index (χ3n) is 16.2. The lowest BCUT2D eigenvalue weighted by Crippen LogP contribution is -2.53. The Balaban J connectivity index is 0.812. The first kappa shape index (κ1) is 51.4. The highest BCUT2D eigenvalue weighted by Crippen LogP contribution is 2.58. The maximum Gasteiger partial charge on any atom is 0.253 e. The van der Waals surface area contributed by atoms with Crippen molar-refractivity contribution in [2.24, 2.45) is 11.7 Å². The SMILES string of the molecule is CCC(C(N)=O)N1C(=O)C2(CC2)c2cc(CN3CCN(CC4CCN(C(=O)c5ccc(C6=CCN(C(C)/C(C)=C/c7c(N(C)/C=C\C(=C/C=O)NC)ccnc7C)CC6)c(C)c5)CC4)C(C)C3)c(F)cc21. The summed E-state index contributed by atoms with van der Waals surface area (Å²) in [7, 11) is 3.79. The third kappa shape index (κ3) is 10.8. The number of carbonyl (C=O) groups is 4. The fourth-order valence-corrected chi connectivity index (χ4v) is 11.4. The second-order valence-electron chi connectivity index (χ2n) is 20.7. The summed E-state index contributed by atoms with van der Waals surface area (Å²) in [5, 5.41) is 3.03. The number of hydrogen-bond donors (Lipinski definition) is 2. The number of halogens is 1. The molecule has 2 aromatic carbocycles. The van der Waals surface area contributed by atoms with Crippen molar-refractivity contribution in [1.29, 1.82) is 0 Å². The van der Waals surface area contributed by atoms with E-state index in [4.69, 9.17) is 5.73 Å². The smallest absolute Gasteiger partial charge is 0.253 e. The number of pyridine rings is 1. The molecule has 378 valence electrons. The van der Waals surface area contributed by atoms with Crippen molar-refractivity contribution in [3.8, 4) is 0 Å². The monoisotopic (exact) mass is 968 g/mol. The second kappa shape index (κ2) is 21.8. The van der Waals surface area contributed by atoms with E-state index >= 15 is 4.39 Å². The van der Waals surface area contributed by atoms with Gasteiger partial charge in [-0.15, -0.1) is 0 Å². The van der Waals surface area contributed by atoms with Crippen LogP contribution in [0.4, 0.5) is 15.8 Å². The molecule has 4 aliphatic heterocycles. The van der Waals surface area contributed by atoms with E-state index in [0.29, 0.717) is 49.0 Å². The number of aromatic nitrogens is 1. The summed E-state index contributed by atoms with van der Waals surface area (Å²) in [6, 6.07) is 11.3. The lowest BCUT2D eigenvalue weighted by molar-refractivity contribution is -0.125. The predicted molar refractivity (Wildman–Crippen MR) is 281 cm³/mol. The molecule has 1 saturated carbocycles. The van der Waals surface area contributed by atoms with E-state index in [9.17, 15) is 19.2 Å². The topological polar surface area (TPSA) is 139 Å². The van der Waals surface area contributed by atoms with Gasteiger partial charge in [-0.2, -0.15) is 0 Å². The van der Waals surface area contributed by atoms with Gasteiger partial charge in [-0.05, 0) is 138 Å². The fraction of sp³-hybridized carbons (Fsp3) is 0.491. The number of fused-ring (bicyclic) bond motifs is 2. The Hall–Kier alpha value is -5.96. The fourth-order valence-electron chi connectivity index (χ4n) is 11.4. The number of piperidine rings is 1. The number of nitrogens with two attached hydrogens (primary N) is 1. The predicted octanol–water partition coefficient (Wildman–Crippen LogP) is 7.37. The number of primary amides is 1. The molecular formula is C57H74FN9O4. The highest BCUT2D eigenvalue weighted by atomic mass is 19.1. The van der Waals surface area contributed by atoms with Gasteiger partial charge in [-0.3, -0.25) is 43.8 Å². The van der Waals surface area contributed by atoms with Gasteiger partial charge in [-0.25, -0.2) is 4.39 Å². The molecule has 2 saturated heterocycles. The van der Waals surface area contributed by atoms with Crippen molar-refractivity contribution < 1.29 is 23.6 Å². The lowest BCUT2D eigenvalue weighted by atomic mass is 9.92. The quantitative estimate of drug-likeness (QED) is 0.0802. The maximum absolute atomic E-state index is 15.8. The molecule has 3 aromatic rings. The number of rotatable bonds is 17. The number of amides is 3. The Morgan fingerprint density at radius 2 is 1.83 bits per heavy atom. The van der Waals surface area contributed by atoms with E-state index in [2.05, 4.69) is 77.0 Å². The van der Waals surface area contributed by atoms with Crippen LogP contribution in [0.25, 0.3) is 11.6 Å². The van der Waals surface area contributed by atoms with Crippen LogP contribution in [-0.4, -0.2) is 133 Å². The summed E-state index contributed by atoms with van der Waals surface area (Å²) in [6.45, 7) is 19.9. The molecule has 8 rings (SSSR count). The van der Waals surface area contributed by atoms with Gasteiger partial charge in [0.1, 0.15) is 18.1 Å². The number of benzene rings is 2. The molecule has 0 radical (unpaired) electrons. The number of piperazine rings is 1. The number of likely N-dealkylation sites (tertiary alicyclic amines) is 1. The zero-order valence-electron chi connectivity index (χ0n) is 43.1. The molecule has 1 aliphatic carbocycles. The van der Waals surface area contributed by atoms with Crippen molar-refractivity contribution in [3.63, 3.8) is 0 Å². The number of aryl methyl sites for hydroxylation is 2. The molecular weight excluding hydrogens is 894 g/mol. The van der Waals surface area contributed by atoms with Crippen molar-refractivity contribution in [3.05, 3.63) is 123 Å². The number of anilines is 2. The average Bonchev–Trinajstić information content (AvgIpc) is 4.14. The van der Waals surface area contributed by atoms with Crippen LogP contribution in [0.5, 0.6) is 0 Å². The molecule has 1 aromatic heterocycles. The van der Waals surface area contributed by atoms with Crippen LogP contribution < -0.4 is 20.9 Å². The number of hydrogen-bond acceptors (Lipinski definition) is 10. The lowest BCUT2D eigenvalue weighted by Gasteiger charge is -2.42. The van der Waals surface area contributed by atoms with Gasteiger partial charge in [0, 0.05) is 132 Å². The van der Waals surface area contributed by atoms with Gasteiger partial charge in [-0.1, -0.05) is 30.7 Å². The first-order valence-corrected chi connectivity index (χ1v) is 25.7. The first-order chi connectivity index (χ1) is 34.1.